The summed E-state index contributed by atoms with van der Waals surface area (Å²) in [4.78, 5) is 10.5. The van der Waals surface area contributed by atoms with Crippen molar-refractivity contribution in [3.63, 3.8) is 0 Å². The lowest BCUT2D eigenvalue weighted by atomic mass is 9.84. The molecular formula is C11H22O2. The summed E-state index contributed by atoms with van der Waals surface area (Å²) in [5, 5.41) is 8.67. The number of carbonyl (C=O) groups is 1. The summed E-state index contributed by atoms with van der Waals surface area (Å²) in [6.45, 7) is 6.39. The van der Waals surface area contributed by atoms with E-state index in [4.69, 9.17) is 5.11 Å². The van der Waals surface area contributed by atoms with Gasteiger partial charge in [0.25, 0.3) is 0 Å². The molecule has 0 aromatic rings. The van der Waals surface area contributed by atoms with Gasteiger partial charge < -0.3 is 5.11 Å². The normalized spacial score (nSPS) is 13.2. The van der Waals surface area contributed by atoms with E-state index in [0.29, 0.717) is 18.3 Å². The van der Waals surface area contributed by atoms with Crippen LogP contribution >= 0.6 is 0 Å². The van der Waals surface area contributed by atoms with E-state index in [1.807, 2.05) is 0 Å². The van der Waals surface area contributed by atoms with Crippen molar-refractivity contribution in [2.75, 3.05) is 0 Å². The van der Waals surface area contributed by atoms with Gasteiger partial charge in [0, 0.05) is 6.42 Å². The third kappa shape index (κ3) is 5.67. The van der Waals surface area contributed by atoms with Gasteiger partial charge >= 0.3 is 5.97 Å². The predicted octanol–water partition coefficient (Wildman–Crippen LogP) is 3.31. The molecule has 1 atom stereocenters. The Kier molecular flexibility index (Phi) is 6.65. The molecule has 0 bridgehead atoms. The molecule has 0 radical (unpaired) electrons. The summed E-state index contributed by atoms with van der Waals surface area (Å²) in [6.07, 6.45) is 4.98. The quantitative estimate of drug-likeness (QED) is 0.662. The first-order valence-corrected chi connectivity index (χ1v) is 5.33. The van der Waals surface area contributed by atoms with Crippen LogP contribution in [0.1, 0.15) is 52.9 Å². The van der Waals surface area contributed by atoms with E-state index in [2.05, 4.69) is 20.8 Å². The van der Waals surface area contributed by atoms with E-state index >= 15 is 0 Å². The Morgan fingerprint density at radius 3 is 2.00 bits per heavy atom. The Labute approximate surface area is 81.3 Å². The van der Waals surface area contributed by atoms with Crippen LogP contribution in [-0.4, -0.2) is 11.1 Å². The second-order valence-electron chi connectivity index (χ2n) is 3.91. The Balaban J connectivity index is 3.93. The molecule has 1 N–H and O–H groups in total. The highest BCUT2D eigenvalue weighted by Crippen LogP contribution is 2.25. The molecule has 13 heavy (non-hydrogen) atoms. The number of rotatable bonds is 7. The zero-order valence-corrected chi connectivity index (χ0v) is 9.05. The summed E-state index contributed by atoms with van der Waals surface area (Å²) in [7, 11) is 0. The fourth-order valence-electron chi connectivity index (χ4n) is 1.90. The van der Waals surface area contributed by atoms with Crippen LogP contribution in [-0.2, 0) is 4.79 Å². The molecule has 0 aliphatic carbocycles. The van der Waals surface area contributed by atoms with Crippen LogP contribution in [0.5, 0.6) is 0 Å². The molecule has 78 valence electrons. The lowest BCUT2D eigenvalue weighted by molar-refractivity contribution is -0.138. The minimum absolute atomic E-state index is 0.324. The van der Waals surface area contributed by atoms with Gasteiger partial charge in [-0.3, -0.25) is 4.79 Å². The Hall–Kier alpha value is -0.530. The lowest BCUT2D eigenvalue weighted by Crippen LogP contribution is -2.15. The zero-order valence-electron chi connectivity index (χ0n) is 9.05. The highest BCUT2D eigenvalue weighted by Gasteiger charge is 2.17. The van der Waals surface area contributed by atoms with Gasteiger partial charge in [-0.05, 0) is 11.8 Å². The third-order valence-electron chi connectivity index (χ3n) is 2.62. The molecule has 0 aromatic heterocycles. The zero-order chi connectivity index (χ0) is 10.3. The molecule has 0 amide bonds. The van der Waals surface area contributed by atoms with E-state index in [1.54, 1.807) is 0 Å². The van der Waals surface area contributed by atoms with Gasteiger partial charge in [0.2, 0.25) is 0 Å². The number of aliphatic carboxylic acids is 1. The standard InChI is InChI=1S/C11H22O2/c1-4-6-10(7-5-2)9(3)8-11(12)13/h9-10H,4-8H2,1-3H3,(H,12,13). The van der Waals surface area contributed by atoms with Crippen molar-refractivity contribution in [2.45, 2.75) is 52.9 Å². The van der Waals surface area contributed by atoms with Crippen molar-refractivity contribution in [3.8, 4) is 0 Å². The fourth-order valence-corrected chi connectivity index (χ4v) is 1.90. The average molecular weight is 186 g/mol. The molecule has 0 spiro atoms. The van der Waals surface area contributed by atoms with E-state index in [0.717, 1.165) is 12.8 Å². The first kappa shape index (κ1) is 12.5. The SMILES string of the molecule is CCCC(CCC)C(C)CC(=O)O. The molecule has 2 heteroatoms. The smallest absolute Gasteiger partial charge is 0.303 e. The summed E-state index contributed by atoms with van der Waals surface area (Å²) in [6, 6.07) is 0. The monoisotopic (exact) mass is 186 g/mol. The maximum atomic E-state index is 10.5. The molecule has 1 unspecified atom stereocenters. The van der Waals surface area contributed by atoms with E-state index in [-0.39, 0.29) is 0 Å². The molecule has 0 aliphatic rings. The second kappa shape index (κ2) is 6.93. The number of hydrogen-bond donors (Lipinski definition) is 1. The Morgan fingerprint density at radius 1 is 1.23 bits per heavy atom. The summed E-state index contributed by atoms with van der Waals surface area (Å²) < 4.78 is 0. The summed E-state index contributed by atoms with van der Waals surface area (Å²) in [5.74, 6) is 0.271. The van der Waals surface area contributed by atoms with Gasteiger partial charge in [0.05, 0.1) is 0 Å². The van der Waals surface area contributed by atoms with Gasteiger partial charge in [-0.25, -0.2) is 0 Å². The molecule has 0 aromatic carbocycles. The first-order valence-electron chi connectivity index (χ1n) is 5.33. The minimum Gasteiger partial charge on any atom is -0.481 e. The summed E-state index contributed by atoms with van der Waals surface area (Å²) in [5.41, 5.74) is 0. The highest BCUT2D eigenvalue weighted by molar-refractivity contribution is 5.66. The second-order valence-corrected chi connectivity index (χ2v) is 3.91. The van der Waals surface area contributed by atoms with E-state index < -0.39 is 5.97 Å². The van der Waals surface area contributed by atoms with Crippen molar-refractivity contribution >= 4 is 5.97 Å². The highest BCUT2D eigenvalue weighted by atomic mass is 16.4. The van der Waals surface area contributed by atoms with Gasteiger partial charge in [-0.2, -0.15) is 0 Å². The van der Waals surface area contributed by atoms with Crippen LogP contribution in [0.15, 0.2) is 0 Å². The predicted molar refractivity (Wildman–Crippen MR) is 54.7 cm³/mol. The molecule has 0 aliphatic heterocycles. The average Bonchev–Trinajstić information content (AvgIpc) is 2.02. The molecule has 0 rings (SSSR count). The maximum Gasteiger partial charge on any atom is 0.303 e. The fraction of sp³-hybridized carbons (Fsp3) is 0.909. The number of carboxylic acid groups (broad SMARTS) is 1. The van der Waals surface area contributed by atoms with Gasteiger partial charge in [0.15, 0.2) is 0 Å². The van der Waals surface area contributed by atoms with Crippen LogP contribution < -0.4 is 0 Å². The maximum absolute atomic E-state index is 10.5. The van der Waals surface area contributed by atoms with Gasteiger partial charge in [-0.1, -0.05) is 46.5 Å². The van der Waals surface area contributed by atoms with Crippen molar-refractivity contribution in [3.05, 3.63) is 0 Å². The van der Waals surface area contributed by atoms with Crippen molar-refractivity contribution < 1.29 is 9.90 Å². The van der Waals surface area contributed by atoms with Crippen molar-refractivity contribution in [1.29, 1.82) is 0 Å². The molecule has 2 nitrogen and oxygen atoms in total. The van der Waals surface area contributed by atoms with E-state index in [9.17, 15) is 4.79 Å². The molecular weight excluding hydrogens is 164 g/mol. The van der Waals surface area contributed by atoms with Gasteiger partial charge in [-0.15, -0.1) is 0 Å². The number of hydrogen-bond acceptors (Lipinski definition) is 1. The van der Waals surface area contributed by atoms with Crippen LogP contribution in [0.2, 0.25) is 0 Å². The minimum atomic E-state index is -0.662. The van der Waals surface area contributed by atoms with Crippen molar-refractivity contribution in [1.82, 2.24) is 0 Å². The van der Waals surface area contributed by atoms with Gasteiger partial charge in [0.1, 0.15) is 0 Å². The number of carboxylic acids is 1. The summed E-state index contributed by atoms with van der Waals surface area (Å²) >= 11 is 0. The molecule has 0 saturated carbocycles. The molecule has 0 fully saturated rings. The third-order valence-corrected chi connectivity index (χ3v) is 2.62. The topological polar surface area (TPSA) is 37.3 Å². The van der Waals surface area contributed by atoms with Crippen LogP contribution in [0, 0.1) is 11.8 Å². The lowest BCUT2D eigenvalue weighted by Gasteiger charge is -2.21. The first-order chi connectivity index (χ1) is 6.11. The Morgan fingerprint density at radius 2 is 1.69 bits per heavy atom. The van der Waals surface area contributed by atoms with Crippen LogP contribution in [0.3, 0.4) is 0 Å². The molecule has 0 saturated heterocycles. The molecule has 0 heterocycles. The van der Waals surface area contributed by atoms with Crippen LogP contribution in [0.25, 0.3) is 0 Å². The Bertz CT molecular complexity index is 137. The van der Waals surface area contributed by atoms with Crippen molar-refractivity contribution in [2.24, 2.45) is 11.8 Å². The van der Waals surface area contributed by atoms with E-state index in [1.165, 1.54) is 12.8 Å². The largest absolute Gasteiger partial charge is 0.481 e. The van der Waals surface area contributed by atoms with Crippen LogP contribution in [0.4, 0.5) is 0 Å².